The summed E-state index contributed by atoms with van der Waals surface area (Å²) in [6, 6.07) is -1.28. The molecule has 1 aliphatic carbocycles. The van der Waals surface area contributed by atoms with Crippen LogP contribution in [0.4, 0.5) is 26.3 Å². The molecular weight excluding hydrogens is 534 g/mol. The number of aliphatic hydroxyl groups is 1. The highest BCUT2D eigenvalue weighted by Gasteiger charge is 2.38. The van der Waals surface area contributed by atoms with E-state index in [-0.39, 0.29) is 66.2 Å². The molecule has 1 atom stereocenters. The molecule has 0 saturated carbocycles. The Hall–Kier alpha value is -3.38. The van der Waals surface area contributed by atoms with Crippen molar-refractivity contribution in [2.45, 2.75) is 65.4 Å². The molecule has 0 aliphatic heterocycles. The van der Waals surface area contributed by atoms with Crippen LogP contribution in [0.1, 0.15) is 68.4 Å². The minimum atomic E-state index is -5.18. The molecule has 13 heteroatoms. The molecule has 1 aliphatic rings. The second-order valence-corrected chi connectivity index (χ2v) is 10.5. The number of ether oxygens (including phenoxy) is 1. The van der Waals surface area contributed by atoms with Crippen molar-refractivity contribution >= 4 is 23.4 Å². The summed E-state index contributed by atoms with van der Waals surface area (Å²) in [6.45, 7) is 6.68. The van der Waals surface area contributed by atoms with E-state index in [1.807, 2.05) is 13.8 Å². The van der Waals surface area contributed by atoms with Gasteiger partial charge in [-0.3, -0.25) is 14.6 Å². The van der Waals surface area contributed by atoms with Gasteiger partial charge in [0.25, 0.3) is 5.91 Å². The van der Waals surface area contributed by atoms with Crippen molar-refractivity contribution in [3.63, 3.8) is 0 Å². The first-order valence-electron chi connectivity index (χ1n) is 11.9. The van der Waals surface area contributed by atoms with Gasteiger partial charge in [-0.05, 0) is 36.0 Å². The van der Waals surface area contributed by atoms with Crippen molar-refractivity contribution in [1.82, 2.24) is 5.32 Å². The van der Waals surface area contributed by atoms with E-state index in [0.29, 0.717) is 0 Å². The highest BCUT2D eigenvalue weighted by atomic mass is 19.4. The van der Waals surface area contributed by atoms with Crippen LogP contribution in [-0.2, 0) is 26.7 Å². The van der Waals surface area contributed by atoms with Gasteiger partial charge in [-0.25, -0.2) is 4.79 Å². The lowest BCUT2D eigenvalue weighted by Gasteiger charge is -2.30. The van der Waals surface area contributed by atoms with Crippen LogP contribution in [-0.4, -0.2) is 48.2 Å². The Labute approximate surface area is 221 Å². The Morgan fingerprint density at radius 3 is 2.03 bits per heavy atom. The molecule has 0 aromatic heterocycles. The van der Waals surface area contributed by atoms with Gasteiger partial charge in [-0.15, -0.1) is 0 Å². The summed E-state index contributed by atoms with van der Waals surface area (Å²) in [7, 11) is 0.966. The average molecular weight is 565 g/mol. The van der Waals surface area contributed by atoms with E-state index in [1.54, 1.807) is 13.8 Å². The van der Waals surface area contributed by atoms with Gasteiger partial charge in [-0.1, -0.05) is 27.7 Å². The van der Waals surface area contributed by atoms with Gasteiger partial charge >= 0.3 is 18.3 Å². The number of carbonyl (C=O) groups excluding carboxylic acids is 3. The molecule has 0 heterocycles. The number of allylic oxidation sites excluding steroid dienone is 2. The molecule has 1 amide bonds. The minimum absolute atomic E-state index is 0.00864. The number of hydrogen-bond acceptors (Lipinski definition) is 6. The second kappa shape index (κ2) is 11.8. The first kappa shape index (κ1) is 31.8. The van der Waals surface area contributed by atoms with E-state index in [1.165, 1.54) is 0 Å². The smallest absolute Gasteiger partial charge is 0.416 e. The number of carbonyl (C=O) groups is 3. The topological polar surface area (TPSA) is 105 Å². The van der Waals surface area contributed by atoms with E-state index < -0.39 is 58.9 Å². The fraction of sp³-hybridized carbons (Fsp3) is 0.538. The number of amides is 1. The number of Topliss-reactive ketones (excluding diaryl/α,β-unsaturated/α-hetero) is 1. The normalized spacial score (nSPS) is 17.3. The van der Waals surface area contributed by atoms with Crippen LogP contribution in [0.3, 0.4) is 0 Å². The van der Waals surface area contributed by atoms with Crippen molar-refractivity contribution in [2.75, 3.05) is 13.7 Å². The third kappa shape index (κ3) is 8.56. The summed E-state index contributed by atoms with van der Waals surface area (Å²) in [5.74, 6) is -3.08. The number of methoxy groups -OCH3 is 1. The monoisotopic (exact) mass is 564 g/mol. The number of nitrogens with one attached hydrogen (secondary N) is 1. The number of esters is 1. The molecule has 2 rings (SSSR count). The zero-order valence-electron chi connectivity index (χ0n) is 22.0. The maximum Gasteiger partial charge on any atom is 0.416 e. The third-order valence-electron chi connectivity index (χ3n) is 5.85. The number of alkyl halides is 6. The molecule has 216 valence electrons. The molecule has 1 aromatic rings. The van der Waals surface area contributed by atoms with E-state index in [9.17, 15) is 45.8 Å². The average Bonchev–Trinajstić information content (AvgIpc) is 2.77. The highest BCUT2D eigenvalue weighted by Crippen LogP contribution is 2.38. The van der Waals surface area contributed by atoms with Crippen LogP contribution in [0.5, 0.6) is 0 Å². The zero-order chi connectivity index (χ0) is 29.9. The summed E-state index contributed by atoms with van der Waals surface area (Å²) in [5.41, 5.74) is -4.72. The van der Waals surface area contributed by atoms with Gasteiger partial charge in [0.1, 0.15) is 11.8 Å². The summed E-state index contributed by atoms with van der Waals surface area (Å²) in [4.78, 5) is 42.2. The maximum atomic E-state index is 13.2. The van der Waals surface area contributed by atoms with Crippen LogP contribution in [0.15, 0.2) is 34.5 Å². The Morgan fingerprint density at radius 2 is 1.59 bits per heavy atom. The van der Waals surface area contributed by atoms with Gasteiger partial charge in [0, 0.05) is 24.1 Å². The fourth-order valence-electron chi connectivity index (χ4n) is 4.10. The first-order valence-corrected chi connectivity index (χ1v) is 11.9. The molecule has 0 saturated heterocycles. The minimum Gasteiger partial charge on any atom is -0.511 e. The van der Waals surface area contributed by atoms with E-state index in [2.05, 4.69) is 15.0 Å². The lowest BCUT2D eigenvalue weighted by molar-refractivity contribution is -0.144. The quantitative estimate of drug-likeness (QED) is 0.240. The van der Waals surface area contributed by atoms with Gasteiger partial charge < -0.3 is 15.2 Å². The summed E-state index contributed by atoms with van der Waals surface area (Å²) >= 11 is 0. The first-order chi connectivity index (χ1) is 17.7. The molecule has 0 bridgehead atoms. The SMILES string of the molecule is COC(=O)[C@H](CN=C(CC(C)C)C1=C(O)CC(C)(C)CC1=O)NC(=O)c1cc(C(F)(F)F)cc(C(F)(F)F)c1. The van der Waals surface area contributed by atoms with E-state index in [4.69, 9.17) is 0 Å². The molecule has 1 aromatic carbocycles. The standard InChI is InChI=1S/C26H30F6N2O5/c1-13(2)6-17(21-19(35)10-24(3,4)11-20(21)36)33-12-18(23(38)39-5)34-22(37)14-7-15(25(27,28)29)9-16(8-14)26(30,31)32/h7-9,13,18,35H,6,10-12H2,1-5H3,(H,34,37)/t18-/m0/s1. The molecule has 7 nitrogen and oxygen atoms in total. The Morgan fingerprint density at radius 1 is 1.05 bits per heavy atom. The van der Waals surface area contributed by atoms with Crippen molar-refractivity contribution < 1.29 is 50.6 Å². The number of aliphatic imine (C=N–C) groups is 1. The van der Waals surface area contributed by atoms with Crippen LogP contribution >= 0.6 is 0 Å². The van der Waals surface area contributed by atoms with Gasteiger partial charge in [0.15, 0.2) is 5.78 Å². The van der Waals surface area contributed by atoms with Crippen LogP contribution in [0.25, 0.3) is 0 Å². The number of ketones is 1. The molecule has 0 fully saturated rings. The van der Waals surface area contributed by atoms with E-state index in [0.717, 1.165) is 7.11 Å². The molecule has 0 unspecified atom stereocenters. The fourth-order valence-corrected chi connectivity index (χ4v) is 4.10. The molecule has 0 spiro atoms. The van der Waals surface area contributed by atoms with Gasteiger partial charge in [-0.2, -0.15) is 26.3 Å². The number of rotatable bonds is 8. The number of aliphatic hydroxyl groups excluding tert-OH is 1. The molecule has 2 N–H and O–H groups in total. The van der Waals surface area contributed by atoms with Crippen molar-refractivity contribution in [1.29, 1.82) is 0 Å². The predicted molar refractivity (Wildman–Crippen MR) is 129 cm³/mol. The van der Waals surface area contributed by atoms with Gasteiger partial charge in [0.05, 0.1) is 30.4 Å². The largest absolute Gasteiger partial charge is 0.511 e. The zero-order valence-corrected chi connectivity index (χ0v) is 22.0. The molecule has 0 radical (unpaired) electrons. The second-order valence-electron chi connectivity index (χ2n) is 10.5. The maximum absolute atomic E-state index is 13.2. The van der Waals surface area contributed by atoms with Crippen molar-refractivity contribution in [3.8, 4) is 0 Å². The summed E-state index contributed by atoms with van der Waals surface area (Å²) in [5, 5.41) is 12.7. The van der Waals surface area contributed by atoms with Crippen LogP contribution < -0.4 is 5.32 Å². The van der Waals surface area contributed by atoms with E-state index >= 15 is 0 Å². The number of nitrogens with zero attached hydrogens (tertiary/aromatic N) is 1. The predicted octanol–water partition coefficient (Wildman–Crippen LogP) is 5.68. The summed E-state index contributed by atoms with van der Waals surface area (Å²) in [6.07, 6.45) is -9.83. The van der Waals surface area contributed by atoms with Crippen molar-refractivity contribution in [2.24, 2.45) is 16.3 Å². The lowest BCUT2D eigenvalue weighted by atomic mass is 9.75. The highest BCUT2D eigenvalue weighted by molar-refractivity contribution is 6.23. The Bertz CT molecular complexity index is 1150. The van der Waals surface area contributed by atoms with Crippen molar-refractivity contribution in [3.05, 3.63) is 46.2 Å². The Balaban J connectivity index is 2.46. The Kier molecular flexibility index (Phi) is 9.62. The summed E-state index contributed by atoms with van der Waals surface area (Å²) < 4.78 is 83.8. The molecule has 39 heavy (non-hydrogen) atoms. The number of halogens is 6. The number of hydrogen-bond donors (Lipinski definition) is 2. The molecular formula is C26H30F6N2O5. The number of benzene rings is 1. The third-order valence-corrected chi connectivity index (χ3v) is 5.85. The van der Waals surface area contributed by atoms with Crippen LogP contribution in [0.2, 0.25) is 0 Å². The van der Waals surface area contributed by atoms with Crippen LogP contribution in [0, 0.1) is 11.3 Å². The van der Waals surface area contributed by atoms with Gasteiger partial charge in [0.2, 0.25) is 0 Å². The lowest BCUT2D eigenvalue weighted by Crippen LogP contribution is -2.44.